The second kappa shape index (κ2) is 13.0. The number of esters is 1. The number of ether oxygens (including phenoxy) is 2. The number of hydrogen-bond acceptors (Lipinski definition) is 9. The fourth-order valence-electron chi connectivity index (χ4n) is 3.71. The topological polar surface area (TPSA) is 131 Å². The number of carbonyl (C=O) groups is 4. The van der Waals surface area contributed by atoms with Gasteiger partial charge in [0.25, 0.3) is 5.91 Å². The molecule has 11 nitrogen and oxygen atoms in total. The number of hydrogen-bond donors (Lipinski definition) is 1. The summed E-state index contributed by atoms with van der Waals surface area (Å²) in [6, 6.07) is 3.13. The van der Waals surface area contributed by atoms with Crippen LogP contribution in [0.5, 0.6) is 0 Å². The van der Waals surface area contributed by atoms with Gasteiger partial charge in [0.05, 0.1) is 37.5 Å². The number of carbonyl (C=O) groups excluding carboxylic acids is 4. The summed E-state index contributed by atoms with van der Waals surface area (Å²) in [6.45, 7) is 3.27. The molecule has 0 bridgehead atoms. The Bertz CT molecular complexity index is 1010. The standard InChI is InChI=1S/C23H30N4O7S/c1-3-33-22(31)16-6-4-8-26(13-16)20(29)12-17-15-35-23(24-17)25-19(28)14-27(9-11-32-2)21(30)18-7-5-10-34-18/h5,7,10,15-16H,3-4,6,8-9,11-14H2,1-2H3,(H,24,25,28). The molecule has 0 saturated carbocycles. The Morgan fingerprint density at radius 1 is 1.34 bits per heavy atom. The summed E-state index contributed by atoms with van der Waals surface area (Å²) in [5.74, 6) is -1.42. The maximum atomic E-state index is 12.7. The molecule has 1 saturated heterocycles. The van der Waals surface area contributed by atoms with Crippen LogP contribution in [0.1, 0.15) is 36.0 Å². The summed E-state index contributed by atoms with van der Waals surface area (Å²) in [7, 11) is 1.51. The van der Waals surface area contributed by atoms with Gasteiger partial charge in [-0.05, 0) is 31.9 Å². The number of anilines is 1. The Morgan fingerprint density at radius 2 is 2.17 bits per heavy atom. The molecule has 190 valence electrons. The van der Waals surface area contributed by atoms with E-state index in [1.54, 1.807) is 23.3 Å². The normalized spacial score (nSPS) is 15.5. The number of thiazole rings is 1. The number of furan rings is 1. The third-order valence-electron chi connectivity index (χ3n) is 5.44. The van der Waals surface area contributed by atoms with E-state index in [2.05, 4.69) is 10.3 Å². The van der Waals surface area contributed by atoms with Crippen molar-refractivity contribution in [1.82, 2.24) is 14.8 Å². The second-order valence-corrected chi connectivity index (χ2v) is 8.85. The van der Waals surface area contributed by atoms with Crippen LogP contribution in [0.2, 0.25) is 0 Å². The van der Waals surface area contributed by atoms with Gasteiger partial charge >= 0.3 is 5.97 Å². The number of amides is 3. The van der Waals surface area contributed by atoms with Crippen LogP contribution in [0.15, 0.2) is 28.2 Å². The molecule has 1 atom stereocenters. The molecule has 1 aliphatic heterocycles. The van der Waals surface area contributed by atoms with Gasteiger partial charge < -0.3 is 29.0 Å². The quantitative estimate of drug-likeness (QED) is 0.457. The molecule has 0 radical (unpaired) electrons. The Labute approximate surface area is 207 Å². The summed E-state index contributed by atoms with van der Waals surface area (Å²) < 4.78 is 15.3. The Hall–Kier alpha value is -3.25. The zero-order valence-corrected chi connectivity index (χ0v) is 20.7. The molecule has 1 fully saturated rings. The Morgan fingerprint density at radius 3 is 2.89 bits per heavy atom. The number of rotatable bonds is 11. The number of aromatic nitrogens is 1. The van der Waals surface area contributed by atoms with Gasteiger partial charge in [-0.15, -0.1) is 11.3 Å². The summed E-state index contributed by atoms with van der Waals surface area (Å²) in [5.41, 5.74) is 0.524. The van der Waals surface area contributed by atoms with E-state index in [-0.39, 0.29) is 49.7 Å². The first-order valence-electron chi connectivity index (χ1n) is 11.4. The van der Waals surface area contributed by atoms with Crippen LogP contribution in [0, 0.1) is 5.92 Å². The monoisotopic (exact) mass is 506 g/mol. The van der Waals surface area contributed by atoms with Crippen LogP contribution in [0.25, 0.3) is 0 Å². The molecule has 2 aromatic rings. The van der Waals surface area contributed by atoms with Crippen molar-refractivity contribution in [2.45, 2.75) is 26.2 Å². The molecule has 3 heterocycles. The lowest BCUT2D eigenvalue weighted by molar-refractivity contribution is -0.151. The maximum Gasteiger partial charge on any atom is 0.310 e. The SMILES string of the molecule is CCOC(=O)C1CCCN(C(=O)Cc2csc(NC(=O)CN(CCOC)C(=O)c3ccco3)n2)C1. The predicted octanol–water partition coefficient (Wildman–Crippen LogP) is 1.81. The van der Waals surface area contributed by atoms with Crippen molar-refractivity contribution in [3.05, 3.63) is 35.2 Å². The summed E-state index contributed by atoms with van der Waals surface area (Å²) in [5, 5.41) is 4.71. The van der Waals surface area contributed by atoms with Gasteiger partial charge in [0.2, 0.25) is 11.8 Å². The smallest absolute Gasteiger partial charge is 0.310 e. The van der Waals surface area contributed by atoms with Gasteiger partial charge in [-0.3, -0.25) is 19.2 Å². The number of piperidine rings is 1. The number of nitrogens with zero attached hydrogens (tertiary/aromatic N) is 3. The van der Waals surface area contributed by atoms with Crippen molar-refractivity contribution >= 4 is 40.2 Å². The molecule has 3 amide bonds. The summed E-state index contributed by atoms with van der Waals surface area (Å²) in [6.07, 6.45) is 2.91. The van der Waals surface area contributed by atoms with E-state index in [1.165, 1.54) is 35.7 Å². The highest BCUT2D eigenvalue weighted by Crippen LogP contribution is 2.21. The van der Waals surface area contributed by atoms with Crippen molar-refractivity contribution in [2.24, 2.45) is 5.92 Å². The molecular weight excluding hydrogens is 476 g/mol. The van der Waals surface area contributed by atoms with Gasteiger partial charge in [0.15, 0.2) is 10.9 Å². The van der Waals surface area contributed by atoms with Gasteiger partial charge in [-0.1, -0.05) is 0 Å². The van der Waals surface area contributed by atoms with Crippen molar-refractivity contribution < 1.29 is 33.1 Å². The van der Waals surface area contributed by atoms with Crippen LogP contribution >= 0.6 is 11.3 Å². The summed E-state index contributed by atoms with van der Waals surface area (Å²) >= 11 is 1.20. The van der Waals surface area contributed by atoms with E-state index in [1.807, 2.05) is 0 Å². The molecule has 12 heteroatoms. The van der Waals surface area contributed by atoms with Crippen molar-refractivity contribution in [3.63, 3.8) is 0 Å². The van der Waals surface area contributed by atoms with Crippen LogP contribution in [0.3, 0.4) is 0 Å². The second-order valence-electron chi connectivity index (χ2n) is 8.00. The fourth-order valence-corrected chi connectivity index (χ4v) is 4.44. The lowest BCUT2D eigenvalue weighted by atomic mass is 9.98. The minimum absolute atomic E-state index is 0.0683. The van der Waals surface area contributed by atoms with E-state index >= 15 is 0 Å². The third-order valence-corrected chi connectivity index (χ3v) is 6.25. The lowest BCUT2D eigenvalue weighted by Crippen LogP contribution is -2.43. The van der Waals surface area contributed by atoms with E-state index in [4.69, 9.17) is 13.9 Å². The number of likely N-dealkylation sites (tertiary alicyclic amines) is 1. The molecular formula is C23H30N4O7S. The van der Waals surface area contributed by atoms with Crippen molar-refractivity contribution in [3.8, 4) is 0 Å². The largest absolute Gasteiger partial charge is 0.466 e. The first-order chi connectivity index (χ1) is 16.9. The predicted molar refractivity (Wildman–Crippen MR) is 127 cm³/mol. The number of methoxy groups -OCH3 is 1. The van der Waals surface area contributed by atoms with Crippen molar-refractivity contribution in [2.75, 3.05) is 51.8 Å². The zero-order valence-electron chi connectivity index (χ0n) is 19.9. The molecule has 0 aliphatic carbocycles. The van der Waals surface area contributed by atoms with Gasteiger partial charge in [0.1, 0.15) is 6.54 Å². The zero-order chi connectivity index (χ0) is 25.2. The highest BCUT2D eigenvalue weighted by atomic mass is 32.1. The average molecular weight is 507 g/mol. The van der Waals surface area contributed by atoms with E-state index in [0.717, 1.165) is 6.42 Å². The molecule has 0 aromatic carbocycles. The minimum Gasteiger partial charge on any atom is -0.466 e. The lowest BCUT2D eigenvalue weighted by Gasteiger charge is -2.31. The van der Waals surface area contributed by atoms with Crippen molar-refractivity contribution in [1.29, 1.82) is 0 Å². The number of nitrogens with one attached hydrogen (secondary N) is 1. The van der Waals surface area contributed by atoms with Gasteiger partial charge in [-0.25, -0.2) is 4.98 Å². The van der Waals surface area contributed by atoms with Crippen LogP contribution in [-0.4, -0.2) is 85.0 Å². The van der Waals surface area contributed by atoms with E-state index in [9.17, 15) is 19.2 Å². The first kappa shape index (κ1) is 26.4. The highest BCUT2D eigenvalue weighted by Gasteiger charge is 2.29. The molecule has 2 aromatic heterocycles. The van der Waals surface area contributed by atoms with Crippen LogP contribution in [-0.2, 0) is 30.3 Å². The van der Waals surface area contributed by atoms with Gasteiger partial charge in [-0.2, -0.15) is 0 Å². The molecule has 35 heavy (non-hydrogen) atoms. The highest BCUT2D eigenvalue weighted by molar-refractivity contribution is 7.13. The fraction of sp³-hybridized carbons (Fsp3) is 0.522. The molecule has 0 spiro atoms. The van der Waals surface area contributed by atoms with Crippen LogP contribution in [0.4, 0.5) is 5.13 Å². The maximum absolute atomic E-state index is 12.7. The molecule has 1 aliphatic rings. The van der Waals surface area contributed by atoms with Gasteiger partial charge in [0, 0.05) is 32.1 Å². The van der Waals surface area contributed by atoms with Crippen LogP contribution < -0.4 is 5.32 Å². The van der Waals surface area contributed by atoms with E-state index in [0.29, 0.717) is 36.9 Å². The summed E-state index contributed by atoms with van der Waals surface area (Å²) in [4.78, 5) is 57.2. The third kappa shape index (κ3) is 7.62. The van der Waals surface area contributed by atoms with E-state index < -0.39 is 11.8 Å². The molecule has 3 rings (SSSR count). The molecule has 1 N–H and O–H groups in total. The Kier molecular flexibility index (Phi) is 9.79. The first-order valence-corrected chi connectivity index (χ1v) is 12.3. The molecule has 1 unspecified atom stereocenters. The minimum atomic E-state index is -0.429. The Balaban J connectivity index is 1.53. The average Bonchev–Trinajstić information content (AvgIpc) is 3.54.